The number of alkyl halides is 1. The quantitative estimate of drug-likeness (QED) is 0.656. The first-order chi connectivity index (χ1) is 15.2. The Morgan fingerprint density at radius 3 is 2.68 bits per heavy atom. The first-order valence-electron chi connectivity index (χ1n) is 10.8. The molecule has 0 radical (unpaired) electrons. The molecule has 0 saturated carbocycles. The van der Waals surface area contributed by atoms with E-state index in [-0.39, 0.29) is 12.6 Å². The fourth-order valence-electron chi connectivity index (χ4n) is 4.40. The lowest BCUT2D eigenvalue weighted by Crippen LogP contribution is -2.35. The van der Waals surface area contributed by atoms with E-state index in [0.29, 0.717) is 25.5 Å². The number of fused-ring (bicyclic) bond motifs is 2. The standard InChI is InChI=1S/C22H26FN7O/c23-3-6-29-7-8-30-20(14-29)18(13-26-30)19-9-16-10-21(25-12-17(16)11-24-19)27-22(31)15-28-4-1-2-5-28/h9-13H,1-8,14-15H2,(H,25,27,31). The molecule has 0 spiro atoms. The third-order valence-corrected chi connectivity index (χ3v) is 6.06. The molecule has 1 saturated heterocycles. The number of rotatable bonds is 6. The van der Waals surface area contributed by atoms with Gasteiger partial charge in [0.2, 0.25) is 5.91 Å². The van der Waals surface area contributed by atoms with Gasteiger partial charge in [-0.15, -0.1) is 0 Å². The van der Waals surface area contributed by atoms with Gasteiger partial charge < -0.3 is 5.32 Å². The van der Waals surface area contributed by atoms with Crippen LogP contribution in [0.2, 0.25) is 0 Å². The van der Waals surface area contributed by atoms with Gasteiger partial charge in [-0.25, -0.2) is 9.37 Å². The zero-order chi connectivity index (χ0) is 21.2. The fourth-order valence-corrected chi connectivity index (χ4v) is 4.40. The van der Waals surface area contributed by atoms with Crippen molar-refractivity contribution in [3.05, 3.63) is 36.4 Å². The molecular formula is C22H26FN7O. The maximum Gasteiger partial charge on any atom is 0.239 e. The number of hydrogen-bond donors (Lipinski definition) is 1. The Morgan fingerprint density at radius 2 is 1.84 bits per heavy atom. The third-order valence-electron chi connectivity index (χ3n) is 6.06. The summed E-state index contributed by atoms with van der Waals surface area (Å²) in [7, 11) is 0. The highest BCUT2D eigenvalue weighted by Gasteiger charge is 2.22. The van der Waals surface area contributed by atoms with Crippen molar-refractivity contribution in [1.29, 1.82) is 0 Å². The maximum atomic E-state index is 12.8. The molecule has 5 rings (SSSR count). The summed E-state index contributed by atoms with van der Waals surface area (Å²) in [5.41, 5.74) is 2.83. The van der Waals surface area contributed by atoms with Crippen LogP contribution in [0.4, 0.5) is 10.2 Å². The summed E-state index contributed by atoms with van der Waals surface area (Å²) >= 11 is 0. The Balaban J connectivity index is 1.37. The van der Waals surface area contributed by atoms with E-state index in [1.54, 1.807) is 12.4 Å². The molecule has 0 aromatic carbocycles. The minimum Gasteiger partial charge on any atom is -0.310 e. The normalized spacial score (nSPS) is 17.2. The molecule has 0 unspecified atom stereocenters. The molecule has 1 amide bonds. The topological polar surface area (TPSA) is 79.2 Å². The molecule has 0 bridgehead atoms. The van der Waals surface area contributed by atoms with Gasteiger partial charge in [0.25, 0.3) is 0 Å². The van der Waals surface area contributed by atoms with Crippen LogP contribution >= 0.6 is 0 Å². The number of carbonyl (C=O) groups is 1. The van der Waals surface area contributed by atoms with Gasteiger partial charge in [0.15, 0.2) is 0 Å². The molecule has 1 fully saturated rings. The molecule has 1 N–H and O–H groups in total. The van der Waals surface area contributed by atoms with Crippen molar-refractivity contribution >= 4 is 22.5 Å². The van der Waals surface area contributed by atoms with E-state index in [2.05, 4.69) is 30.2 Å². The summed E-state index contributed by atoms with van der Waals surface area (Å²) in [5, 5.41) is 9.27. The van der Waals surface area contributed by atoms with Crippen LogP contribution < -0.4 is 5.32 Å². The van der Waals surface area contributed by atoms with Crippen LogP contribution in [0, 0.1) is 0 Å². The van der Waals surface area contributed by atoms with Crippen molar-refractivity contribution in [3.8, 4) is 11.3 Å². The van der Waals surface area contributed by atoms with Crippen molar-refractivity contribution < 1.29 is 9.18 Å². The molecule has 5 heterocycles. The molecule has 2 aliphatic heterocycles. The molecule has 2 aliphatic rings. The van der Waals surface area contributed by atoms with E-state index >= 15 is 0 Å². The van der Waals surface area contributed by atoms with E-state index in [0.717, 1.165) is 66.7 Å². The number of nitrogens with one attached hydrogen (secondary N) is 1. The summed E-state index contributed by atoms with van der Waals surface area (Å²) in [6.45, 7) is 4.65. The maximum absolute atomic E-state index is 12.8. The second-order valence-corrected chi connectivity index (χ2v) is 8.21. The Labute approximate surface area is 180 Å². The Bertz CT molecular complexity index is 1090. The van der Waals surface area contributed by atoms with Crippen LogP contribution in [0.15, 0.2) is 30.7 Å². The zero-order valence-corrected chi connectivity index (χ0v) is 17.4. The van der Waals surface area contributed by atoms with Crippen LogP contribution in [0.25, 0.3) is 22.0 Å². The second kappa shape index (κ2) is 8.68. The van der Waals surface area contributed by atoms with E-state index in [9.17, 15) is 9.18 Å². The highest BCUT2D eigenvalue weighted by atomic mass is 19.1. The molecule has 0 atom stereocenters. The molecule has 162 valence electrons. The number of anilines is 1. The molecule has 31 heavy (non-hydrogen) atoms. The number of pyridine rings is 2. The lowest BCUT2D eigenvalue weighted by molar-refractivity contribution is -0.117. The summed E-state index contributed by atoms with van der Waals surface area (Å²) in [6, 6.07) is 3.88. The fraction of sp³-hybridized carbons (Fsp3) is 0.455. The van der Waals surface area contributed by atoms with Crippen molar-refractivity contribution in [3.63, 3.8) is 0 Å². The van der Waals surface area contributed by atoms with E-state index in [1.165, 1.54) is 0 Å². The van der Waals surface area contributed by atoms with Crippen molar-refractivity contribution in [2.45, 2.75) is 25.9 Å². The van der Waals surface area contributed by atoms with Crippen LogP contribution in [0.5, 0.6) is 0 Å². The summed E-state index contributed by atoms with van der Waals surface area (Å²) < 4.78 is 14.8. The minimum absolute atomic E-state index is 0.0401. The first kappa shape index (κ1) is 20.0. The average molecular weight is 423 g/mol. The molecule has 8 nitrogen and oxygen atoms in total. The van der Waals surface area contributed by atoms with Crippen LogP contribution in [-0.2, 0) is 17.9 Å². The molecule has 3 aromatic rings. The third kappa shape index (κ3) is 4.28. The van der Waals surface area contributed by atoms with Crippen molar-refractivity contribution in [1.82, 2.24) is 29.5 Å². The van der Waals surface area contributed by atoms with Crippen LogP contribution in [0.1, 0.15) is 18.5 Å². The first-order valence-corrected chi connectivity index (χ1v) is 10.8. The van der Waals surface area contributed by atoms with Crippen molar-refractivity contribution in [2.75, 3.05) is 44.7 Å². The highest BCUT2D eigenvalue weighted by molar-refractivity contribution is 5.94. The Hall–Kier alpha value is -2.91. The van der Waals surface area contributed by atoms with Gasteiger partial charge in [-0.1, -0.05) is 0 Å². The van der Waals surface area contributed by atoms with Gasteiger partial charge in [0.1, 0.15) is 12.5 Å². The van der Waals surface area contributed by atoms with Crippen LogP contribution in [-0.4, -0.2) is 74.9 Å². The Morgan fingerprint density at radius 1 is 1.00 bits per heavy atom. The number of aromatic nitrogens is 4. The molecular weight excluding hydrogens is 397 g/mol. The van der Waals surface area contributed by atoms with E-state index in [4.69, 9.17) is 0 Å². The molecule has 9 heteroatoms. The smallest absolute Gasteiger partial charge is 0.239 e. The summed E-state index contributed by atoms with van der Waals surface area (Å²) in [6.07, 6.45) is 7.67. The number of amides is 1. The largest absolute Gasteiger partial charge is 0.310 e. The van der Waals surface area contributed by atoms with E-state index in [1.807, 2.05) is 23.0 Å². The number of hydrogen-bond acceptors (Lipinski definition) is 6. The summed E-state index contributed by atoms with van der Waals surface area (Å²) in [4.78, 5) is 25.6. The minimum atomic E-state index is -0.350. The SMILES string of the molecule is O=C(CN1CCCC1)Nc1cc2cc(-c3cnn4c3CN(CCF)CC4)ncc2cn1. The van der Waals surface area contributed by atoms with Gasteiger partial charge >= 0.3 is 0 Å². The molecule has 0 aliphatic carbocycles. The van der Waals surface area contributed by atoms with Gasteiger partial charge in [0, 0.05) is 43.0 Å². The monoisotopic (exact) mass is 423 g/mol. The van der Waals surface area contributed by atoms with Gasteiger partial charge in [0.05, 0.1) is 30.7 Å². The zero-order valence-electron chi connectivity index (χ0n) is 17.4. The number of nitrogens with zero attached hydrogens (tertiary/aromatic N) is 6. The predicted octanol–water partition coefficient (Wildman–Crippen LogP) is 2.31. The van der Waals surface area contributed by atoms with Crippen molar-refractivity contribution in [2.24, 2.45) is 0 Å². The Kier molecular flexibility index (Phi) is 5.61. The number of likely N-dealkylation sites (tertiary alicyclic amines) is 1. The molecule has 3 aromatic heterocycles. The highest BCUT2D eigenvalue weighted by Crippen LogP contribution is 2.28. The van der Waals surface area contributed by atoms with Gasteiger partial charge in [-0.3, -0.25) is 24.3 Å². The summed E-state index contributed by atoms with van der Waals surface area (Å²) in [5.74, 6) is 0.502. The predicted molar refractivity (Wildman–Crippen MR) is 116 cm³/mol. The van der Waals surface area contributed by atoms with Gasteiger partial charge in [-0.2, -0.15) is 5.10 Å². The number of carbonyl (C=O) groups excluding carboxylic acids is 1. The lowest BCUT2D eigenvalue weighted by atomic mass is 10.1. The second-order valence-electron chi connectivity index (χ2n) is 8.21. The van der Waals surface area contributed by atoms with E-state index < -0.39 is 0 Å². The van der Waals surface area contributed by atoms with Crippen LogP contribution in [0.3, 0.4) is 0 Å². The van der Waals surface area contributed by atoms with Gasteiger partial charge in [-0.05, 0) is 43.5 Å². The average Bonchev–Trinajstić information content (AvgIpc) is 3.43. The number of halogens is 1. The lowest BCUT2D eigenvalue weighted by Gasteiger charge is -2.27.